The Morgan fingerprint density at radius 3 is 2.30 bits per heavy atom. The number of nitrogens with one attached hydrogen (secondary N) is 2. The van der Waals surface area contributed by atoms with Gasteiger partial charge in [0.15, 0.2) is 5.13 Å². The molecule has 1 atom stereocenters. The largest absolute Gasteiger partial charge is 0.322 e. The summed E-state index contributed by atoms with van der Waals surface area (Å²) in [6, 6.07) is 31.1. The van der Waals surface area contributed by atoms with E-state index >= 15 is 0 Å². The highest BCUT2D eigenvalue weighted by Crippen LogP contribution is 2.31. The Balaban J connectivity index is 1.18. The number of benzene rings is 4. The Kier molecular flexibility index (Phi) is 7.35. The molecule has 37 heavy (non-hydrogen) atoms. The van der Waals surface area contributed by atoms with Crippen molar-refractivity contribution >= 4 is 56.5 Å². The van der Waals surface area contributed by atoms with Crippen molar-refractivity contribution in [2.24, 2.45) is 0 Å². The number of nitrogens with zero attached hydrogens (tertiary/aromatic N) is 1. The van der Waals surface area contributed by atoms with E-state index in [1.165, 1.54) is 23.1 Å². The second kappa shape index (κ2) is 11.0. The van der Waals surface area contributed by atoms with Crippen LogP contribution in [0.4, 0.5) is 10.8 Å². The molecule has 0 spiro atoms. The lowest BCUT2D eigenvalue weighted by atomic mass is 10.1. The van der Waals surface area contributed by atoms with Crippen LogP contribution in [0.5, 0.6) is 0 Å². The normalized spacial score (nSPS) is 11.7. The molecule has 2 N–H and O–H groups in total. The fraction of sp³-hybridized carbons (Fsp3) is 0.100. The lowest BCUT2D eigenvalue weighted by molar-refractivity contribution is -0.115. The van der Waals surface area contributed by atoms with Crippen molar-refractivity contribution in [1.29, 1.82) is 0 Å². The van der Waals surface area contributed by atoms with Crippen LogP contribution in [0.1, 0.15) is 22.2 Å². The van der Waals surface area contributed by atoms with Crippen LogP contribution in [0.2, 0.25) is 0 Å². The molecule has 0 saturated carbocycles. The predicted octanol–water partition coefficient (Wildman–Crippen LogP) is 7.64. The van der Waals surface area contributed by atoms with Crippen LogP contribution in [-0.2, 0) is 4.79 Å². The summed E-state index contributed by atoms with van der Waals surface area (Å²) in [7, 11) is 0. The molecule has 1 unspecified atom stereocenters. The zero-order chi connectivity index (χ0) is 25.8. The van der Waals surface area contributed by atoms with Crippen molar-refractivity contribution in [2.75, 3.05) is 10.6 Å². The summed E-state index contributed by atoms with van der Waals surface area (Å²) in [6.07, 6.45) is 0. The highest BCUT2D eigenvalue weighted by molar-refractivity contribution is 8.00. The van der Waals surface area contributed by atoms with E-state index in [9.17, 15) is 9.59 Å². The van der Waals surface area contributed by atoms with Gasteiger partial charge in [0.25, 0.3) is 5.91 Å². The Hall–Kier alpha value is -3.94. The minimum absolute atomic E-state index is 0.105. The molecule has 0 saturated heterocycles. The second-order valence-corrected chi connectivity index (χ2v) is 11.2. The summed E-state index contributed by atoms with van der Waals surface area (Å²) >= 11 is 2.93. The number of carbonyl (C=O) groups excluding carboxylic acids is 2. The smallest absolute Gasteiger partial charge is 0.255 e. The SMILES string of the molecule is Cc1sc(NC(=O)C(C)Sc2ccc(NC(=O)c3ccc4ccccc4c3)cc2)nc1-c1ccccc1. The van der Waals surface area contributed by atoms with Crippen LogP contribution < -0.4 is 10.6 Å². The van der Waals surface area contributed by atoms with Crippen molar-refractivity contribution in [3.63, 3.8) is 0 Å². The lowest BCUT2D eigenvalue weighted by Gasteiger charge is -2.11. The van der Waals surface area contributed by atoms with Crippen LogP contribution in [0, 0.1) is 6.92 Å². The summed E-state index contributed by atoms with van der Waals surface area (Å²) in [5.41, 5.74) is 3.23. The summed E-state index contributed by atoms with van der Waals surface area (Å²) in [4.78, 5) is 32.2. The van der Waals surface area contributed by atoms with Crippen LogP contribution in [0.3, 0.4) is 0 Å². The first kappa shape index (κ1) is 24.7. The lowest BCUT2D eigenvalue weighted by Crippen LogP contribution is -2.22. The topological polar surface area (TPSA) is 71.1 Å². The number of fused-ring (bicyclic) bond motifs is 1. The van der Waals surface area contributed by atoms with E-state index in [0.717, 1.165) is 31.8 Å². The van der Waals surface area contributed by atoms with Gasteiger partial charge in [0.2, 0.25) is 5.91 Å². The second-order valence-electron chi connectivity index (χ2n) is 8.58. The Labute approximate surface area is 224 Å². The van der Waals surface area contributed by atoms with Gasteiger partial charge in [-0.15, -0.1) is 23.1 Å². The molecule has 1 aromatic heterocycles. The summed E-state index contributed by atoms with van der Waals surface area (Å²) in [5, 5.41) is 8.30. The van der Waals surface area contributed by atoms with E-state index in [-0.39, 0.29) is 17.1 Å². The fourth-order valence-corrected chi connectivity index (χ4v) is 5.64. The van der Waals surface area contributed by atoms with Gasteiger partial charge < -0.3 is 10.6 Å². The first-order valence-corrected chi connectivity index (χ1v) is 13.6. The quantitative estimate of drug-likeness (QED) is 0.215. The number of thiazole rings is 1. The molecule has 0 radical (unpaired) electrons. The van der Waals surface area contributed by atoms with Gasteiger partial charge in [0.05, 0.1) is 10.9 Å². The molecule has 0 fully saturated rings. The fourth-order valence-electron chi connectivity index (χ4n) is 3.93. The molecule has 184 valence electrons. The Morgan fingerprint density at radius 2 is 1.54 bits per heavy atom. The van der Waals surface area contributed by atoms with E-state index in [2.05, 4.69) is 15.6 Å². The summed E-state index contributed by atoms with van der Waals surface area (Å²) in [6.45, 7) is 3.88. The molecule has 0 aliphatic carbocycles. The molecule has 1 heterocycles. The monoisotopic (exact) mass is 523 g/mol. The molecule has 0 bridgehead atoms. The maximum Gasteiger partial charge on any atom is 0.255 e. The maximum absolute atomic E-state index is 12.8. The molecular formula is C30H25N3O2S2. The van der Waals surface area contributed by atoms with E-state index < -0.39 is 0 Å². The van der Waals surface area contributed by atoms with Gasteiger partial charge in [-0.05, 0) is 61.0 Å². The van der Waals surface area contributed by atoms with Crippen LogP contribution in [-0.4, -0.2) is 22.0 Å². The number of thioether (sulfide) groups is 1. The van der Waals surface area contributed by atoms with Crippen LogP contribution >= 0.6 is 23.1 Å². The molecule has 7 heteroatoms. The Morgan fingerprint density at radius 1 is 0.838 bits per heavy atom. The molecule has 5 nitrogen and oxygen atoms in total. The summed E-state index contributed by atoms with van der Waals surface area (Å²) in [5.74, 6) is -0.264. The number of amides is 2. The van der Waals surface area contributed by atoms with Crippen molar-refractivity contribution in [1.82, 2.24) is 4.98 Å². The van der Waals surface area contributed by atoms with E-state index in [0.29, 0.717) is 16.4 Å². The van der Waals surface area contributed by atoms with Gasteiger partial charge >= 0.3 is 0 Å². The van der Waals surface area contributed by atoms with Gasteiger partial charge in [-0.1, -0.05) is 60.7 Å². The molecule has 5 rings (SSSR count). The van der Waals surface area contributed by atoms with Crippen LogP contribution in [0.15, 0.2) is 102 Å². The van der Waals surface area contributed by atoms with Gasteiger partial charge in [-0.3, -0.25) is 9.59 Å². The standard InChI is InChI=1S/C30H25N3O2S2/c1-19-27(22-9-4-3-5-10-22)32-30(37-19)33-28(34)20(2)36-26-16-14-25(15-17-26)31-29(35)24-13-12-21-8-6-7-11-23(21)18-24/h3-18,20H,1-2H3,(H,31,35)(H,32,33,34). The molecule has 2 amide bonds. The Bertz CT molecular complexity index is 1560. The average Bonchev–Trinajstić information content (AvgIpc) is 3.29. The first-order chi connectivity index (χ1) is 18.0. The molecule has 0 aliphatic heterocycles. The van der Waals surface area contributed by atoms with Gasteiger partial charge in [-0.2, -0.15) is 0 Å². The van der Waals surface area contributed by atoms with E-state index in [1.807, 2.05) is 111 Å². The number of hydrogen-bond acceptors (Lipinski definition) is 5. The van der Waals surface area contributed by atoms with Crippen molar-refractivity contribution in [3.05, 3.63) is 108 Å². The number of anilines is 2. The highest BCUT2D eigenvalue weighted by Gasteiger charge is 2.18. The zero-order valence-electron chi connectivity index (χ0n) is 20.4. The van der Waals surface area contributed by atoms with E-state index in [4.69, 9.17) is 0 Å². The third-order valence-corrected chi connectivity index (χ3v) is 7.88. The van der Waals surface area contributed by atoms with Gasteiger partial charge in [0.1, 0.15) is 0 Å². The highest BCUT2D eigenvalue weighted by atomic mass is 32.2. The van der Waals surface area contributed by atoms with Gasteiger partial charge in [-0.25, -0.2) is 4.98 Å². The molecule has 0 aliphatic rings. The van der Waals surface area contributed by atoms with Crippen molar-refractivity contribution in [3.8, 4) is 11.3 Å². The molecule has 5 aromatic rings. The summed E-state index contributed by atoms with van der Waals surface area (Å²) < 4.78 is 0. The molecule has 4 aromatic carbocycles. The van der Waals surface area contributed by atoms with Crippen molar-refractivity contribution < 1.29 is 9.59 Å². The minimum Gasteiger partial charge on any atom is -0.322 e. The van der Waals surface area contributed by atoms with Crippen molar-refractivity contribution in [2.45, 2.75) is 24.0 Å². The maximum atomic E-state index is 12.8. The number of aryl methyl sites for hydroxylation is 1. The number of aromatic nitrogens is 1. The predicted molar refractivity (Wildman–Crippen MR) is 155 cm³/mol. The van der Waals surface area contributed by atoms with E-state index in [1.54, 1.807) is 0 Å². The minimum atomic E-state index is -0.317. The third kappa shape index (κ3) is 5.90. The number of hydrogen-bond donors (Lipinski definition) is 2. The zero-order valence-corrected chi connectivity index (χ0v) is 22.0. The van der Waals surface area contributed by atoms with Gasteiger partial charge in [0, 0.05) is 26.6 Å². The first-order valence-electron chi connectivity index (χ1n) is 11.9. The third-order valence-electron chi connectivity index (χ3n) is 5.88. The number of carbonyl (C=O) groups is 2. The number of rotatable bonds is 7. The van der Waals surface area contributed by atoms with Crippen LogP contribution in [0.25, 0.3) is 22.0 Å². The molecular weight excluding hydrogens is 498 g/mol. The average molecular weight is 524 g/mol.